The molecule has 0 atom stereocenters. The van der Waals surface area contributed by atoms with E-state index >= 15 is 0 Å². The van der Waals surface area contributed by atoms with Crippen molar-refractivity contribution in [3.63, 3.8) is 0 Å². The summed E-state index contributed by atoms with van der Waals surface area (Å²) in [6.45, 7) is 0.543. The van der Waals surface area contributed by atoms with E-state index in [1.807, 2.05) is 74.8 Å². The molecule has 0 N–H and O–H groups in total. The molecular formula is C22H25N3OS2. The third-order valence-electron chi connectivity index (χ3n) is 4.33. The van der Waals surface area contributed by atoms with Crippen LogP contribution in [0.3, 0.4) is 0 Å². The average molecular weight is 412 g/mol. The zero-order valence-electron chi connectivity index (χ0n) is 16.5. The van der Waals surface area contributed by atoms with Crippen molar-refractivity contribution in [2.75, 3.05) is 36.8 Å². The Labute approximate surface area is 175 Å². The molecule has 146 valence electrons. The van der Waals surface area contributed by atoms with Crippen LogP contribution >= 0.6 is 23.5 Å². The molecule has 2 aromatic carbocycles. The maximum atomic E-state index is 13.0. The first kappa shape index (κ1) is 20.6. The lowest BCUT2D eigenvalue weighted by Gasteiger charge is -2.17. The summed E-state index contributed by atoms with van der Waals surface area (Å²) in [6.07, 6.45) is 3.97. The molecule has 0 spiro atoms. The number of benzene rings is 2. The molecule has 0 unspecified atom stereocenters. The zero-order chi connectivity index (χ0) is 19.9. The molecule has 1 aliphatic rings. The number of rotatable bonds is 7. The first-order chi connectivity index (χ1) is 13.6. The molecule has 2 aromatic rings. The van der Waals surface area contributed by atoms with E-state index in [1.165, 1.54) is 0 Å². The van der Waals surface area contributed by atoms with Gasteiger partial charge in [0.2, 0.25) is 0 Å². The van der Waals surface area contributed by atoms with Crippen molar-refractivity contribution in [3.05, 3.63) is 71.4 Å². The van der Waals surface area contributed by atoms with E-state index in [0.717, 1.165) is 33.5 Å². The Morgan fingerprint density at radius 3 is 2.39 bits per heavy atom. The second-order valence-electron chi connectivity index (χ2n) is 6.63. The van der Waals surface area contributed by atoms with Crippen LogP contribution in [-0.2, 0) is 11.3 Å². The Bertz CT molecular complexity index is 861. The molecule has 0 fully saturated rings. The summed E-state index contributed by atoms with van der Waals surface area (Å²) >= 11 is 3.45. The van der Waals surface area contributed by atoms with E-state index in [4.69, 9.17) is 0 Å². The average Bonchev–Trinajstić information content (AvgIpc) is 2.98. The van der Waals surface area contributed by atoms with Crippen molar-refractivity contribution < 1.29 is 4.79 Å². The highest BCUT2D eigenvalue weighted by Crippen LogP contribution is 2.26. The van der Waals surface area contributed by atoms with Crippen molar-refractivity contribution in [1.82, 2.24) is 4.90 Å². The summed E-state index contributed by atoms with van der Waals surface area (Å²) in [5, 5.41) is 0.791. The number of aliphatic imine (C=N–C) groups is 1. The van der Waals surface area contributed by atoms with Crippen molar-refractivity contribution in [3.8, 4) is 0 Å². The van der Waals surface area contributed by atoms with Crippen LogP contribution in [0.25, 0.3) is 6.08 Å². The molecule has 1 amide bonds. The Kier molecular flexibility index (Phi) is 7.23. The summed E-state index contributed by atoms with van der Waals surface area (Å²) in [5.41, 5.74) is 3.71. The minimum Gasteiger partial charge on any atom is -0.378 e. The lowest BCUT2D eigenvalue weighted by molar-refractivity contribution is -0.122. The van der Waals surface area contributed by atoms with Gasteiger partial charge in [-0.25, -0.2) is 4.99 Å². The van der Waals surface area contributed by atoms with Gasteiger partial charge in [-0.15, -0.1) is 0 Å². The second kappa shape index (κ2) is 9.85. The third kappa shape index (κ3) is 5.20. The van der Waals surface area contributed by atoms with E-state index in [-0.39, 0.29) is 5.91 Å². The number of nitrogens with zero attached hydrogens (tertiary/aromatic N) is 3. The minimum absolute atomic E-state index is 0.0350. The molecule has 0 saturated carbocycles. The number of hydrogen-bond donors (Lipinski definition) is 0. The van der Waals surface area contributed by atoms with E-state index in [0.29, 0.717) is 12.2 Å². The smallest absolute Gasteiger partial charge is 0.278 e. The summed E-state index contributed by atoms with van der Waals surface area (Å²) in [6, 6.07) is 18.2. The molecular weight excluding hydrogens is 386 g/mol. The molecule has 0 radical (unpaired) electrons. The highest BCUT2D eigenvalue weighted by atomic mass is 32.2. The Morgan fingerprint density at radius 1 is 1.04 bits per heavy atom. The predicted molar refractivity (Wildman–Crippen MR) is 124 cm³/mol. The summed E-state index contributed by atoms with van der Waals surface area (Å²) in [5.74, 6) is 1.93. The quantitative estimate of drug-likeness (QED) is 0.493. The molecule has 1 aliphatic heterocycles. The van der Waals surface area contributed by atoms with Gasteiger partial charge in [0.05, 0.1) is 6.54 Å². The highest BCUT2D eigenvalue weighted by Gasteiger charge is 2.30. The molecule has 1 heterocycles. The van der Waals surface area contributed by atoms with Gasteiger partial charge in [-0.3, -0.25) is 9.69 Å². The van der Waals surface area contributed by atoms with Gasteiger partial charge in [0.15, 0.2) is 5.17 Å². The SMILES string of the molecule is CSCCSC1=N/C(=C\c2ccc(N(C)C)cc2)C(=O)N1Cc1ccccc1. The second-order valence-corrected chi connectivity index (χ2v) is 8.68. The molecule has 0 bridgehead atoms. The van der Waals surface area contributed by atoms with Crippen LogP contribution in [0.15, 0.2) is 65.3 Å². The van der Waals surface area contributed by atoms with E-state index < -0.39 is 0 Å². The van der Waals surface area contributed by atoms with Crippen LogP contribution in [-0.4, -0.2) is 47.8 Å². The lowest BCUT2D eigenvalue weighted by Crippen LogP contribution is -2.30. The summed E-state index contributed by atoms with van der Waals surface area (Å²) in [4.78, 5) is 21.6. The number of amides is 1. The first-order valence-electron chi connectivity index (χ1n) is 9.14. The van der Waals surface area contributed by atoms with Gasteiger partial charge in [0.25, 0.3) is 5.91 Å². The number of anilines is 1. The largest absolute Gasteiger partial charge is 0.378 e. The van der Waals surface area contributed by atoms with Crippen molar-refractivity contribution in [2.45, 2.75) is 6.54 Å². The first-order valence-corrected chi connectivity index (χ1v) is 11.5. The van der Waals surface area contributed by atoms with Crippen LogP contribution in [0, 0.1) is 0 Å². The number of hydrogen-bond acceptors (Lipinski definition) is 5. The molecule has 0 aliphatic carbocycles. The predicted octanol–water partition coefficient (Wildman–Crippen LogP) is 4.59. The van der Waals surface area contributed by atoms with Gasteiger partial charge in [0, 0.05) is 31.3 Å². The molecule has 0 saturated heterocycles. The molecule has 0 aromatic heterocycles. The number of carbonyl (C=O) groups excluding carboxylic acids is 1. The van der Waals surface area contributed by atoms with E-state index in [9.17, 15) is 4.79 Å². The summed E-state index contributed by atoms with van der Waals surface area (Å²) in [7, 11) is 4.02. The Balaban J connectivity index is 1.83. The third-order valence-corrected chi connectivity index (χ3v) is 6.18. The number of carbonyl (C=O) groups is 1. The van der Waals surface area contributed by atoms with E-state index in [1.54, 1.807) is 28.4 Å². The van der Waals surface area contributed by atoms with Crippen LogP contribution in [0.2, 0.25) is 0 Å². The fourth-order valence-corrected chi connectivity index (χ4v) is 4.44. The van der Waals surface area contributed by atoms with Crippen LogP contribution in [0.5, 0.6) is 0 Å². The van der Waals surface area contributed by atoms with Crippen LogP contribution < -0.4 is 4.90 Å². The van der Waals surface area contributed by atoms with Crippen molar-refractivity contribution in [2.24, 2.45) is 4.99 Å². The molecule has 28 heavy (non-hydrogen) atoms. The minimum atomic E-state index is -0.0350. The highest BCUT2D eigenvalue weighted by molar-refractivity contribution is 8.14. The van der Waals surface area contributed by atoms with Crippen molar-refractivity contribution >= 4 is 46.4 Å². The molecule has 3 rings (SSSR count). The summed E-state index contributed by atoms with van der Waals surface area (Å²) < 4.78 is 0. The molecule has 6 heteroatoms. The van der Waals surface area contributed by atoms with Gasteiger partial charge in [0.1, 0.15) is 5.70 Å². The fraction of sp³-hybridized carbons (Fsp3) is 0.273. The monoisotopic (exact) mass is 411 g/mol. The Morgan fingerprint density at radius 2 is 1.75 bits per heavy atom. The maximum absolute atomic E-state index is 13.0. The van der Waals surface area contributed by atoms with Gasteiger partial charge in [-0.05, 0) is 35.6 Å². The van der Waals surface area contributed by atoms with Gasteiger partial charge in [-0.2, -0.15) is 11.8 Å². The lowest BCUT2D eigenvalue weighted by atomic mass is 10.1. The standard InChI is InChI=1S/C22H25N3OS2/c1-24(2)19-11-9-17(10-12-19)15-20-21(26)25(16-18-7-5-4-6-8-18)22(23-20)28-14-13-27-3/h4-12,15H,13-14,16H2,1-3H3/b20-15-. The topological polar surface area (TPSA) is 35.9 Å². The fourth-order valence-electron chi connectivity index (χ4n) is 2.79. The number of amidine groups is 1. The Hall–Kier alpha value is -2.18. The normalized spacial score (nSPS) is 15.2. The van der Waals surface area contributed by atoms with Gasteiger partial charge in [-0.1, -0.05) is 54.2 Å². The zero-order valence-corrected chi connectivity index (χ0v) is 18.1. The van der Waals surface area contributed by atoms with Crippen molar-refractivity contribution in [1.29, 1.82) is 0 Å². The molecule has 4 nitrogen and oxygen atoms in total. The van der Waals surface area contributed by atoms with Crippen LogP contribution in [0.4, 0.5) is 5.69 Å². The van der Waals surface area contributed by atoms with Gasteiger partial charge < -0.3 is 4.90 Å². The van der Waals surface area contributed by atoms with E-state index in [2.05, 4.69) is 16.1 Å². The van der Waals surface area contributed by atoms with Crippen LogP contribution in [0.1, 0.15) is 11.1 Å². The van der Waals surface area contributed by atoms with Gasteiger partial charge >= 0.3 is 0 Å². The maximum Gasteiger partial charge on any atom is 0.278 e. The number of thioether (sulfide) groups is 2.